The van der Waals surface area contributed by atoms with Crippen molar-refractivity contribution in [1.82, 2.24) is 9.88 Å². The number of benzene rings is 1. The number of aryl methyl sites for hydroxylation is 2. The molecule has 0 fully saturated rings. The third-order valence-electron chi connectivity index (χ3n) is 2.90. The maximum Gasteiger partial charge on any atom is 0.254 e. The summed E-state index contributed by atoms with van der Waals surface area (Å²) in [5, 5.41) is 2.99. The molecule has 0 aliphatic rings. The number of amides is 1. The van der Waals surface area contributed by atoms with E-state index in [2.05, 4.69) is 4.98 Å². The molecule has 0 saturated carbocycles. The molecular weight excluding hydrogens is 329 g/mol. The van der Waals surface area contributed by atoms with Crippen molar-refractivity contribution in [2.45, 2.75) is 20.4 Å². The van der Waals surface area contributed by atoms with Crippen LogP contribution in [0.15, 0.2) is 23.6 Å². The molecule has 0 aliphatic heterocycles. The molecule has 7 heteroatoms. The summed E-state index contributed by atoms with van der Waals surface area (Å²) in [6.45, 7) is 4.38. The van der Waals surface area contributed by atoms with E-state index >= 15 is 0 Å². The quantitative estimate of drug-likeness (QED) is 0.865. The fourth-order valence-corrected chi connectivity index (χ4v) is 2.48. The zero-order valence-corrected chi connectivity index (χ0v) is 14.6. The Morgan fingerprint density at radius 2 is 2.00 bits per heavy atom. The van der Waals surface area contributed by atoms with Crippen LogP contribution in [0.5, 0.6) is 0 Å². The second kappa shape index (κ2) is 8.22. The van der Waals surface area contributed by atoms with Gasteiger partial charge >= 0.3 is 0 Å². The second-order valence-electron chi connectivity index (χ2n) is 4.59. The van der Waals surface area contributed by atoms with E-state index in [0.29, 0.717) is 17.8 Å². The van der Waals surface area contributed by atoms with Gasteiger partial charge in [-0.25, -0.2) is 4.98 Å². The molecule has 21 heavy (non-hydrogen) atoms. The summed E-state index contributed by atoms with van der Waals surface area (Å²) in [6, 6.07) is 5.39. The highest BCUT2D eigenvalue weighted by Gasteiger charge is 2.15. The summed E-state index contributed by atoms with van der Waals surface area (Å²) >= 11 is 1.59. The van der Waals surface area contributed by atoms with Gasteiger partial charge in [0, 0.05) is 23.7 Å². The number of carbonyl (C=O) groups is 1. The third-order valence-corrected chi connectivity index (χ3v) is 3.73. The molecule has 0 unspecified atom stereocenters. The molecule has 2 N–H and O–H groups in total. The van der Waals surface area contributed by atoms with Crippen LogP contribution in [0.3, 0.4) is 0 Å². The van der Waals surface area contributed by atoms with Crippen molar-refractivity contribution in [2.75, 3.05) is 12.8 Å². The van der Waals surface area contributed by atoms with Gasteiger partial charge in [-0.1, -0.05) is 6.07 Å². The molecule has 1 aromatic carbocycles. The Morgan fingerprint density at radius 3 is 2.57 bits per heavy atom. The second-order valence-corrected chi connectivity index (χ2v) is 5.66. The van der Waals surface area contributed by atoms with Gasteiger partial charge in [-0.3, -0.25) is 4.79 Å². The van der Waals surface area contributed by atoms with E-state index in [0.717, 1.165) is 16.3 Å². The Bertz CT molecular complexity index is 616. The monoisotopic (exact) mass is 347 g/mol. The van der Waals surface area contributed by atoms with Gasteiger partial charge in [-0.2, -0.15) is 0 Å². The van der Waals surface area contributed by atoms with Gasteiger partial charge in [-0.05, 0) is 31.5 Å². The maximum absolute atomic E-state index is 12.4. The highest BCUT2D eigenvalue weighted by molar-refractivity contribution is 7.09. The number of hydrogen-bond acceptors (Lipinski definition) is 4. The Kier molecular flexibility index (Phi) is 7.71. The molecule has 2 rings (SSSR count). The Balaban J connectivity index is 0.00000200. The summed E-state index contributed by atoms with van der Waals surface area (Å²) in [6.07, 6.45) is 0. The number of thiazole rings is 1. The van der Waals surface area contributed by atoms with E-state index in [4.69, 9.17) is 5.73 Å². The van der Waals surface area contributed by atoms with Crippen molar-refractivity contribution >= 4 is 47.7 Å². The number of halogens is 2. The fraction of sp³-hybridized carbons (Fsp3) is 0.286. The van der Waals surface area contributed by atoms with Gasteiger partial charge in [-0.15, -0.1) is 36.2 Å². The lowest BCUT2D eigenvalue weighted by atomic mass is 10.1. The van der Waals surface area contributed by atoms with Gasteiger partial charge in [0.25, 0.3) is 5.91 Å². The summed E-state index contributed by atoms with van der Waals surface area (Å²) < 4.78 is 0. The molecular formula is C14H19Cl2N3OS. The van der Waals surface area contributed by atoms with Crippen LogP contribution in [0.1, 0.15) is 26.6 Å². The fourth-order valence-electron chi connectivity index (χ4n) is 1.87. The smallest absolute Gasteiger partial charge is 0.254 e. The van der Waals surface area contributed by atoms with Gasteiger partial charge in [0.05, 0.1) is 17.2 Å². The van der Waals surface area contributed by atoms with Crippen molar-refractivity contribution < 1.29 is 4.79 Å². The minimum Gasteiger partial charge on any atom is -0.399 e. The van der Waals surface area contributed by atoms with Gasteiger partial charge in [0.15, 0.2) is 0 Å². The van der Waals surface area contributed by atoms with Gasteiger partial charge in [0.1, 0.15) is 0 Å². The zero-order valence-electron chi connectivity index (χ0n) is 12.1. The minimum atomic E-state index is -0.0320. The van der Waals surface area contributed by atoms with E-state index in [1.807, 2.05) is 25.3 Å². The molecule has 0 saturated heterocycles. The summed E-state index contributed by atoms with van der Waals surface area (Å²) in [5.74, 6) is -0.0320. The molecule has 4 nitrogen and oxygen atoms in total. The van der Waals surface area contributed by atoms with E-state index < -0.39 is 0 Å². The lowest BCUT2D eigenvalue weighted by Crippen LogP contribution is -2.27. The molecule has 2 aromatic rings. The highest BCUT2D eigenvalue weighted by atomic mass is 35.5. The van der Waals surface area contributed by atoms with Crippen molar-refractivity contribution in [1.29, 1.82) is 0 Å². The predicted octanol–water partition coefficient (Wildman–Crippen LogP) is 3.46. The molecule has 0 radical (unpaired) electrons. The molecule has 0 bridgehead atoms. The standard InChI is InChI=1S/C14H17N3OS.2ClH/c1-9-4-5-11(15)6-13(9)14(18)17(3)7-12-8-19-10(2)16-12;;/h4-6,8H,7,15H2,1-3H3;2*1H. The summed E-state index contributed by atoms with van der Waals surface area (Å²) in [5.41, 5.74) is 8.84. The number of nitrogen functional groups attached to an aromatic ring is 1. The average molecular weight is 348 g/mol. The van der Waals surface area contributed by atoms with Crippen LogP contribution >= 0.6 is 36.2 Å². The molecule has 116 valence electrons. The zero-order chi connectivity index (χ0) is 14.0. The van der Waals surface area contributed by atoms with Crippen molar-refractivity contribution in [2.24, 2.45) is 0 Å². The number of carbonyl (C=O) groups excluding carboxylic acids is 1. The Labute approximate surface area is 141 Å². The highest BCUT2D eigenvalue weighted by Crippen LogP contribution is 2.16. The first-order valence-corrected chi connectivity index (χ1v) is 6.88. The topological polar surface area (TPSA) is 59.2 Å². The van der Waals surface area contributed by atoms with Crippen LogP contribution in [0.2, 0.25) is 0 Å². The van der Waals surface area contributed by atoms with Crippen molar-refractivity contribution in [3.05, 3.63) is 45.4 Å². The van der Waals surface area contributed by atoms with Crippen molar-refractivity contribution in [3.63, 3.8) is 0 Å². The van der Waals surface area contributed by atoms with Gasteiger partial charge < -0.3 is 10.6 Å². The van der Waals surface area contributed by atoms with E-state index in [1.54, 1.807) is 35.4 Å². The predicted molar refractivity (Wildman–Crippen MR) is 92.7 cm³/mol. The van der Waals surface area contributed by atoms with Crippen LogP contribution in [-0.4, -0.2) is 22.8 Å². The Hall–Kier alpha value is -1.30. The van der Waals surface area contributed by atoms with Crippen molar-refractivity contribution in [3.8, 4) is 0 Å². The van der Waals surface area contributed by atoms with E-state index in [-0.39, 0.29) is 30.7 Å². The minimum absolute atomic E-state index is 0. The molecule has 0 spiro atoms. The number of nitrogens with zero attached hydrogens (tertiary/aromatic N) is 2. The number of aromatic nitrogens is 1. The lowest BCUT2D eigenvalue weighted by molar-refractivity contribution is 0.0783. The number of rotatable bonds is 3. The van der Waals surface area contributed by atoms with E-state index in [9.17, 15) is 4.79 Å². The molecule has 1 heterocycles. The normalized spacial score (nSPS) is 9.48. The van der Waals surface area contributed by atoms with Crippen LogP contribution in [0.4, 0.5) is 5.69 Å². The molecule has 0 aliphatic carbocycles. The van der Waals surface area contributed by atoms with Crippen LogP contribution in [-0.2, 0) is 6.54 Å². The van der Waals surface area contributed by atoms with Crippen LogP contribution < -0.4 is 5.73 Å². The first kappa shape index (κ1) is 19.7. The largest absolute Gasteiger partial charge is 0.399 e. The van der Waals surface area contributed by atoms with Crippen LogP contribution in [0, 0.1) is 13.8 Å². The first-order chi connectivity index (χ1) is 8.97. The Morgan fingerprint density at radius 1 is 1.33 bits per heavy atom. The SMILES string of the molecule is Cc1nc(CN(C)C(=O)c2cc(N)ccc2C)cs1.Cl.Cl. The maximum atomic E-state index is 12.4. The lowest BCUT2D eigenvalue weighted by Gasteiger charge is -2.17. The number of anilines is 1. The summed E-state index contributed by atoms with van der Waals surface area (Å²) in [7, 11) is 1.78. The number of hydrogen-bond donors (Lipinski definition) is 1. The van der Waals surface area contributed by atoms with E-state index in [1.165, 1.54) is 0 Å². The summed E-state index contributed by atoms with van der Waals surface area (Å²) in [4.78, 5) is 18.4. The first-order valence-electron chi connectivity index (χ1n) is 6.00. The third kappa shape index (κ3) is 4.88. The molecule has 1 amide bonds. The molecule has 0 atom stereocenters. The van der Waals surface area contributed by atoms with Gasteiger partial charge in [0.2, 0.25) is 0 Å². The number of nitrogens with two attached hydrogens (primary N) is 1. The molecule has 1 aromatic heterocycles. The average Bonchev–Trinajstić information content (AvgIpc) is 2.77. The van der Waals surface area contributed by atoms with Crippen LogP contribution in [0.25, 0.3) is 0 Å².